The Hall–Kier alpha value is -0.0300. The van der Waals surface area contributed by atoms with Crippen molar-refractivity contribution < 1.29 is 4.42 Å². The molecule has 15 heavy (non-hydrogen) atoms. The summed E-state index contributed by atoms with van der Waals surface area (Å²) in [6.07, 6.45) is 3.91. The minimum Gasteiger partial charge on any atom is -0.454 e. The molecule has 1 unspecified atom stereocenters. The molecule has 0 bridgehead atoms. The van der Waals surface area contributed by atoms with Gasteiger partial charge in [0.05, 0.1) is 6.54 Å². The van der Waals surface area contributed by atoms with Crippen LogP contribution in [-0.4, -0.2) is 6.04 Å². The normalized spacial score (nSPS) is 24.6. The SMILES string of the molecule is CC1(C)CCC(NCc2ccc(I)o2)C1. The topological polar surface area (TPSA) is 25.2 Å². The number of hydrogen-bond acceptors (Lipinski definition) is 2. The lowest BCUT2D eigenvalue weighted by atomic mass is 9.92. The lowest BCUT2D eigenvalue weighted by molar-refractivity contribution is 0.358. The third kappa shape index (κ3) is 3.21. The van der Waals surface area contributed by atoms with E-state index in [1.807, 2.05) is 6.07 Å². The third-order valence-corrected chi connectivity index (χ3v) is 3.74. The minimum atomic E-state index is 0.523. The molecule has 1 aromatic heterocycles. The van der Waals surface area contributed by atoms with Gasteiger partial charge in [-0.15, -0.1) is 0 Å². The molecule has 84 valence electrons. The van der Waals surface area contributed by atoms with Gasteiger partial charge in [-0.3, -0.25) is 0 Å². The monoisotopic (exact) mass is 319 g/mol. The van der Waals surface area contributed by atoms with Gasteiger partial charge in [-0.2, -0.15) is 0 Å². The summed E-state index contributed by atoms with van der Waals surface area (Å²) in [6, 6.07) is 4.73. The molecule has 1 N–H and O–H groups in total. The Morgan fingerprint density at radius 2 is 2.33 bits per heavy atom. The van der Waals surface area contributed by atoms with Gasteiger partial charge in [0.2, 0.25) is 0 Å². The Balaban J connectivity index is 1.80. The number of halogens is 1. The van der Waals surface area contributed by atoms with Crippen LogP contribution < -0.4 is 5.32 Å². The first-order valence-corrected chi connectivity index (χ1v) is 6.61. The largest absolute Gasteiger partial charge is 0.454 e. The predicted octanol–water partition coefficient (Wildman–Crippen LogP) is 3.55. The summed E-state index contributed by atoms with van der Waals surface area (Å²) < 4.78 is 6.49. The molecule has 1 aliphatic rings. The Bertz CT molecular complexity index is 332. The molecule has 0 radical (unpaired) electrons. The minimum absolute atomic E-state index is 0.523. The Morgan fingerprint density at radius 3 is 2.87 bits per heavy atom. The van der Waals surface area contributed by atoms with Crippen LogP contribution in [-0.2, 0) is 6.54 Å². The van der Waals surface area contributed by atoms with Crippen LogP contribution in [0.5, 0.6) is 0 Å². The van der Waals surface area contributed by atoms with Crippen molar-refractivity contribution in [2.24, 2.45) is 5.41 Å². The zero-order valence-electron chi connectivity index (χ0n) is 9.35. The van der Waals surface area contributed by atoms with Gasteiger partial charge in [0.25, 0.3) is 0 Å². The Morgan fingerprint density at radius 1 is 1.53 bits per heavy atom. The smallest absolute Gasteiger partial charge is 0.164 e. The van der Waals surface area contributed by atoms with Gasteiger partial charge >= 0.3 is 0 Å². The highest BCUT2D eigenvalue weighted by molar-refractivity contribution is 14.1. The van der Waals surface area contributed by atoms with E-state index in [0.29, 0.717) is 11.5 Å². The van der Waals surface area contributed by atoms with Crippen LogP contribution in [0.4, 0.5) is 0 Å². The van der Waals surface area contributed by atoms with Crippen LogP contribution in [0.3, 0.4) is 0 Å². The molecule has 0 aromatic carbocycles. The summed E-state index contributed by atoms with van der Waals surface area (Å²) in [5.41, 5.74) is 0.523. The molecular weight excluding hydrogens is 301 g/mol. The van der Waals surface area contributed by atoms with Gasteiger partial charge in [-0.25, -0.2) is 0 Å². The van der Waals surface area contributed by atoms with Crippen molar-refractivity contribution in [3.05, 3.63) is 21.7 Å². The van der Waals surface area contributed by atoms with Crippen molar-refractivity contribution in [1.82, 2.24) is 5.32 Å². The highest BCUT2D eigenvalue weighted by Crippen LogP contribution is 2.36. The van der Waals surface area contributed by atoms with E-state index in [9.17, 15) is 0 Å². The molecule has 2 nitrogen and oxygen atoms in total. The van der Waals surface area contributed by atoms with E-state index < -0.39 is 0 Å². The van der Waals surface area contributed by atoms with Crippen molar-refractivity contribution in [2.75, 3.05) is 0 Å². The average Bonchev–Trinajstić information content (AvgIpc) is 2.69. The standard InChI is InChI=1S/C12H18INO/c1-12(2)6-5-9(7-12)14-8-10-3-4-11(13)15-10/h3-4,9,14H,5-8H2,1-2H3. The molecule has 0 amide bonds. The van der Waals surface area contributed by atoms with Gasteiger partial charge < -0.3 is 9.73 Å². The Kier molecular flexibility index (Phi) is 3.40. The summed E-state index contributed by atoms with van der Waals surface area (Å²) >= 11 is 2.20. The highest BCUT2D eigenvalue weighted by Gasteiger charge is 2.30. The summed E-state index contributed by atoms with van der Waals surface area (Å²) in [7, 11) is 0. The maximum Gasteiger partial charge on any atom is 0.164 e. The summed E-state index contributed by atoms with van der Waals surface area (Å²) in [5.74, 6) is 1.05. The molecule has 0 saturated heterocycles. The average molecular weight is 319 g/mol. The van der Waals surface area contributed by atoms with Crippen molar-refractivity contribution in [3.8, 4) is 0 Å². The second-order valence-corrected chi connectivity index (χ2v) is 6.25. The van der Waals surface area contributed by atoms with Crippen LogP contribution in [0.1, 0.15) is 38.9 Å². The van der Waals surface area contributed by atoms with Crippen LogP contribution in [0.2, 0.25) is 0 Å². The maximum absolute atomic E-state index is 5.52. The van der Waals surface area contributed by atoms with E-state index >= 15 is 0 Å². The molecule has 1 atom stereocenters. The molecule has 1 aromatic rings. The fourth-order valence-electron chi connectivity index (χ4n) is 2.30. The van der Waals surface area contributed by atoms with E-state index in [0.717, 1.165) is 16.1 Å². The number of nitrogens with one attached hydrogen (secondary N) is 1. The third-order valence-electron chi connectivity index (χ3n) is 3.16. The highest BCUT2D eigenvalue weighted by atomic mass is 127. The van der Waals surface area contributed by atoms with Gasteiger partial charge in [0.15, 0.2) is 3.77 Å². The lowest BCUT2D eigenvalue weighted by Gasteiger charge is -2.17. The Labute approximate surface area is 105 Å². The van der Waals surface area contributed by atoms with Crippen LogP contribution in [0, 0.1) is 9.18 Å². The van der Waals surface area contributed by atoms with E-state index in [1.54, 1.807) is 0 Å². The lowest BCUT2D eigenvalue weighted by Crippen LogP contribution is -2.26. The van der Waals surface area contributed by atoms with Crippen LogP contribution >= 0.6 is 22.6 Å². The van der Waals surface area contributed by atoms with E-state index in [-0.39, 0.29) is 0 Å². The predicted molar refractivity (Wildman–Crippen MR) is 69.7 cm³/mol. The fourth-order valence-corrected chi connectivity index (χ4v) is 2.76. The molecule has 1 heterocycles. The second kappa shape index (κ2) is 4.45. The van der Waals surface area contributed by atoms with Crippen molar-refractivity contribution >= 4 is 22.6 Å². The first-order chi connectivity index (χ1) is 7.05. The van der Waals surface area contributed by atoms with E-state index in [2.05, 4.69) is 47.8 Å². The summed E-state index contributed by atoms with van der Waals surface area (Å²) in [5, 5.41) is 3.57. The molecule has 3 heteroatoms. The van der Waals surface area contributed by atoms with Gasteiger partial charge in [0, 0.05) is 6.04 Å². The summed E-state index contributed by atoms with van der Waals surface area (Å²) in [6.45, 7) is 5.57. The van der Waals surface area contributed by atoms with E-state index in [1.165, 1.54) is 19.3 Å². The van der Waals surface area contributed by atoms with Gasteiger partial charge in [-0.05, 0) is 59.4 Å². The second-order valence-electron chi connectivity index (χ2n) is 5.19. The van der Waals surface area contributed by atoms with E-state index in [4.69, 9.17) is 4.42 Å². The van der Waals surface area contributed by atoms with Gasteiger partial charge in [0.1, 0.15) is 5.76 Å². The molecule has 1 saturated carbocycles. The molecule has 2 rings (SSSR count). The van der Waals surface area contributed by atoms with Crippen LogP contribution in [0.15, 0.2) is 16.5 Å². The first-order valence-electron chi connectivity index (χ1n) is 5.53. The van der Waals surface area contributed by atoms with Gasteiger partial charge in [-0.1, -0.05) is 13.8 Å². The van der Waals surface area contributed by atoms with Crippen molar-refractivity contribution in [1.29, 1.82) is 0 Å². The number of furan rings is 1. The fraction of sp³-hybridized carbons (Fsp3) is 0.667. The molecular formula is C12H18INO. The van der Waals surface area contributed by atoms with Crippen molar-refractivity contribution in [2.45, 2.75) is 45.7 Å². The maximum atomic E-state index is 5.52. The summed E-state index contributed by atoms with van der Waals surface area (Å²) in [4.78, 5) is 0. The zero-order valence-corrected chi connectivity index (χ0v) is 11.5. The molecule has 1 aliphatic carbocycles. The molecule has 0 spiro atoms. The van der Waals surface area contributed by atoms with Crippen molar-refractivity contribution in [3.63, 3.8) is 0 Å². The zero-order chi connectivity index (χ0) is 10.9. The quantitative estimate of drug-likeness (QED) is 0.862. The molecule has 1 fully saturated rings. The first kappa shape index (κ1) is 11.5. The number of hydrogen-bond donors (Lipinski definition) is 1. The van der Waals surface area contributed by atoms with Crippen LogP contribution in [0.25, 0.3) is 0 Å². The molecule has 0 aliphatic heterocycles. The number of rotatable bonds is 3.